The summed E-state index contributed by atoms with van der Waals surface area (Å²) in [6.07, 6.45) is 6.25. The van der Waals surface area contributed by atoms with Gasteiger partial charge in [-0.05, 0) is 49.8 Å². The molecule has 1 N–H and O–H groups in total. The smallest absolute Gasteiger partial charge is 0.341 e. The molecule has 126 valence electrons. The van der Waals surface area contributed by atoms with Gasteiger partial charge in [0.2, 0.25) is 0 Å². The van der Waals surface area contributed by atoms with E-state index >= 15 is 0 Å². The van der Waals surface area contributed by atoms with Crippen molar-refractivity contribution in [3.8, 4) is 0 Å². The molecule has 1 aliphatic carbocycles. The van der Waals surface area contributed by atoms with Crippen LogP contribution < -0.4 is 5.32 Å². The average Bonchev–Trinajstić information content (AvgIpc) is 2.95. The number of thiophene rings is 1. The van der Waals surface area contributed by atoms with Crippen molar-refractivity contribution in [1.82, 2.24) is 4.98 Å². The van der Waals surface area contributed by atoms with Gasteiger partial charge in [-0.15, -0.1) is 11.3 Å². The number of hydrogen-bond donors (Lipinski definition) is 1. The summed E-state index contributed by atoms with van der Waals surface area (Å²) >= 11 is 1.49. The van der Waals surface area contributed by atoms with Crippen LogP contribution in [0.4, 0.5) is 5.00 Å². The van der Waals surface area contributed by atoms with Gasteiger partial charge in [0.25, 0.3) is 5.91 Å². The van der Waals surface area contributed by atoms with Crippen LogP contribution in [-0.2, 0) is 11.2 Å². The van der Waals surface area contributed by atoms with Crippen molar-refractivity contribution in [3.63, 3.8) is 0 Å². The summed E-state index contributed by atoms with van der Waals surface area (Å²) in [5.41, 5.74) is 2.10. The highest BCUT2D eigenvalue weighted by Crippen LogP contribution is 2.43. The van der Waals surface area contributed by atoms with Crippen LogP contribution in [0.2, 0.25) is 0 Å². The predicted octanol–water partition coefficient (Wildman–Crippen LogP) is 4.01. The Morgan fingerprint density at radius 2 is 2.12 bits per heavy atom. The number of esters is 1. The van der Waals surface area contributed by atoms with E-state index in [0.717, 1.165) is 24.8 Å². The van der Waals surface area contributed by atoms with Crippen molar-refractivity contribution < 1.29 is 14.3 Å². The van der Waals surface area contributed by atoms with E-state index in [1.165, 1.54) is 16.2 Å². The van der Waals surface area contributed by atoms with Crippen molar-refractivity contribution in [3.05, 3.63) is 46.1 Å². The molecular weight excluding hydrogens is 324 g/mol. The zero-order valence-electron chi connectivity index (χ0n) is 13.8. The molecule has 0 aromatic carbocycles. The molecule has 24 heavy (non-hydrogen) atoms. The molecule has 0 spiro atoms. The topological polar surface area (TPSA) is 68.3 Å². The highest BCUT2D eigenvalue weighted by Gasteiger charge is 2.30. The van der Waals surface area contributed by atoms with Crippen molar-refractivity contribution in [1.29, 1.82) is 0 Å². The SMILES string of the molecule is CCOC(=O)c1c(NC(=O)c2ccncc2)sc2c1[C@H](C)CCC2. The molecule has 1 aliphatic rings. The number of carbonyl (C=O) groups is 2. The quantitative estimate of drug-likeness (QED) is 0.851. The highest BCUT2D eigenvalue weighted by atomic mass is 32.1. The van der Waals surface area contributed by atoms with Crippen LogP contribution >= 0.6 is 11.3 Å². The second-order valence-corrected chi connectivity index (χ2v) is 6.95. The lowest BCUT2D eigenvalue weighted by Crippen LogP contribution is -2.16. The maximum Gasteiger partial charge on any atom is 0.341 e. The number of carbonyl (C=O) groups excluding carboxylic acids is 2. The number of nitrogens with zero attached hydrogens (tertiary/aromatic N) is 1. The minimum absolute atomic E-state index is 0.241. The third-order valence-corrected chi connectivity index (χ3v) is 5.39. The van der Waals surface area contributed by atoms with Crippen LogP contribution in [0.25, 0.3) is 0 Å². The van der Waals surface area contributed by atoms with Crippen molar-refractivity contribution in [2.45, 2.75) is 39.0 Å². The Kier molecular flexibility index (Phi) is 4.94. The van der Waals surface area contributed by atoms with Gasteiger partial charge < -0.3 is 10.1 Å². The third kappa shape index (κ3) is 3.19. The molecule has 2 aromatic heterocycles. The molecule has 0 aliphatic heterocycles. The first kappa shape index (κ1) is 16.6. The molecule has 0 bridgehead atoms. The fraction of sp³-hybridized carbons (Fsp3) is 0.389. The lowest BCUT2D eigenvalue weighted by Gasteiger charge is -2.19. The van der Waals surface area contributed by atoms with E-state index < -0.39 is 0 Å². The first-order valence-electron chi connectivity index (χ1n) is 8.15. The maximum atomic E-state index is 12.5. The van der Waals surface area contributed by atoms with Crippen LogP contribution in [-0.4, -0.2) is 23.5 Å². The summed E-state index contributed by atoms with van der Waals surface area (Å²) < 4.78 is 5.24. The van der Waals surface area contributed by atoms with Gasteiger partial charge >= 0.3 is 5.97 Å². The largest absolute Gasteiger partial charge is 0.462 e. The van der Waals surface area contributed by atoms with Crippen molar-refractivity contribution in [2.24, 2.45) is 0 Å². The molecule has 2 heterocycles. The van der Waals surface area contributed by atoms with E-state index in [1.54, 1.807) is 31.5 Å². The number of nitrogens with one attached hydrogen (secondary N) is 1. The molecular formula is C18H20N2O3S. The number of rotatable bonds is 4. The van der Waals surface area contributed by atoms with Gasteiger partial charge in [0, 0.05) is 22.8 Å². The number of amides is 1. The molecule has 6 heteroatoms. The van der Waals surface area contributed by atoms with Gasteiger partial charge in [-0.2, -0.15) is 0 Å². The number of ether oxygens (including phenoxy) is 1. The molecule has 1 atom stereocenters. The number of fused-ring (bicyclic) bond motifs is 1. The highest BCUT2D eigenvalue weighted by molar-refractivity contribution is 7.17. The molecule has 0 saturated carbocycles. The van der Waals surface area contributed by atoms with E-state index in [2.05, 4.69) is 17.2 Å². The summed E-state index contributed by atoms with van der Waals surface area (Å²) in [4.78, 5) is 30.0. The van der Waals surface area contributed by atoms with Gasteiger partial charge in [-0.3, -0.25) is 9.78 Å². The zero-order valence-corrected chi connectivity index (χ0v) is 14.6. The van der Waals surface area contributed by atoms with Crippen LogP contribution in [0.3, 0.4) is 0 Å². The minimum atomic E-state index is -0.353. The summed E-state index contributed by atoms with van der Waals surface area (Å²) in [5.74, 6) is -0.293. The Bertz CT molecular complexity index is 755. The average molecular weight is 344 g/mol. The number of aryl methyl sites for hydroxylation is 1. The Balaban J connectivity index is 1.98. The molecule has 5 nitrogen and oxygen atoms in total. The predicted molar refractivity (Wildman–Crippen MR) is 93.8 cm³/mol. The van der Waals surface area contributed by atoms with Gasteiger partial charge in [0.05, 0.1) is 12.2 Å². The summed E-state index contributed by atoms with van der Waals surface area (Å²) in [5, 5.41) is 3.49. The summed E-state index contributed by atoms with van der Waals surface area (Å²) in [6, 6.07) is 3.30. The van der Waals surface area contributed by atoms with Crippen LogP contribution in [0.5, 0.6) is 0 Å². The van der Waals surface area contributed by atoms with Crippen molar-refractivity contribution in [2.75, 3.05) is 11.9 Å². The molecule has 0 fully saturated rings. The standard InChI is InChI=1S/C18H20N2O3S/c1-3-23-18(22)15-14-11(2)5-4-6-13(14)24-17(15)20-16(21)12-7-9-19-10-8-12/h7-11H,3-6H2,1-2H3,(H,20,21)/t11-/m1/s1. The minimum Gasteiger partial charge on any atom is -0.462 e. The number of pyridine rings is 1. The van der Waals surface area contributed by atoms with Gasteiger partial charge in [0.1, 0.15) is 5.00 Å². The molecule has 0 saturated heterocycles. The van der Waals surface area contributed by atoms with E-state index in [-0.39, 0.29) is 11.9 Å². The van der Waals surface area contributed by atoms with Gasteiger partial charge in [-0.1, -0.05) is 6.92 Å². The fourth-order valence-corrected chi connectivity index (χ4v) is 4.43. The molecule has 2 aromatic rings. The van der Waals surface area contributed by atoms with Gasteiger partial charge in [0.15, 0.2) is 0 Å². The lowest BCUT2D eigenvalue weighted by atomic mass is 9.86. The first-order chi connectivity index (χ1) is 11.6. The van der Waals surface area contributed by atoms with Crippen molar-refractivity contribution >= 4 is 28.2 Å². The van der Waals surface area contributed by atoms with Crippen LogP contribution in [0.1, 0.15) is 63.8 Å². The molecule has 1 amide bonds. The second-order valence-electron chi connectivity index (χ2n) is 5.85. The van der Waals surface area contributed by atoms with E-state index in [0.29, 0.717) is 28.7 Å². The number of aromatic nitrogens is 1. The number of anilines is 1. The molecule has 3 rings (SSSR count). The lowest BCUT2D eigenvalue weighted by molar-refractivity contribution is 0.0526. The van der Waals surface area contributed by atoms with E-state index in [1.807, 2.05) is 0 Å². The van der Waals surface area contributed by atoms with Gasteiger partial charge in [-0.25, -0.2) is 4.79 Å². The number of hydrogen-bond acceptors (Lipinski definition) is 5. The normalized spacial score (nSPS) is 16.3. The Morgan fingerprint density at radius 3 is 2.83 bits per heavy atom. The summed E-state index contributed by atoms with van der Waals surface area (Å²) in [6.45, 7) is 4.23. The summed E-state index contributed by atoms with van der Waals surface area (Å²) in [7, 11) is 0. The Labute approximate surface area is 145 Å². The monoisotopic (exact) mass is 344 g/mol. The fourth-order valence-electron chi connectivity index (χ4n) is 3.08. The Morgan fingerprint density at radius 1 is 1.38 bits per heavy atom. The van der Waals surface area contributed by atoms with E-state index in [4.69, 9.17) is 4.74 Å². The molecule has 0 unspecified atom stereocenters. The third-order valence-electron chi connectivity index (χ3n) is 4.20. The zero-order chi connectivity index (χ0) is 17.1. The van der Waals surface area contributed by atoms with Crippen LogP contribution in [0.15, 0.2) is 24.5 Å². The maximum absolute atomic E-state index is 12.5. The first-order valence-corrected chi connectivity index (χ1v) is 8.97. The molecule has 0 radical (unpaired) electrons. The Hall–Kier alpha value is -2.21. The van der Waals surface area contributed by atoms with Crippen LogP contribution in [0, 0.1) is 0 Å². The van der Waals surface area contributed by atoms with E-state index in [9.17, 15) is 9.59 Å². The second kappa shape index (κ2) is 7.13.